The summed E-state index contributed by atoms with van der Waals surface area (Å²) in [6, 6.07) is 7.57. The lowest BCUT2D eigenvalue weighted by Crippen LogP contribution is -1.96. The summed E-state index contributed by atoms with van der Waals surface area (Å²) in [5.41, 5.74) is 1.73. The molecule has 0 radical (unpaired) electrons. The Kier molecular flexibility index (Phi) is 1.63. The van der Waals surface area contributed by atoms with Crippen molar-refractivity contribution in [1.29, 1.82) is 0 Å². The van der Waals surface area contributed by atoms with E-state index in [-0.39, 0.29) is 0 Å². The molecule has 0 saturated heterocycles. The van der Waals surface area contributed by atoms with Gasteiger partial charge >= 0.3 is 0 Å². The average molecular weight is 160 g/mol. The molecule has 0 spiro atoms. The smallest absolute Gasteiger partial charge is 0.199 e. The zero-order valence-corrected chi connectivity index (χ0v) is 6.47. The van der Waals surface area contributed by atoms with E-state index >= 15 is 0 Å². The summed E-state index contributed by atoms with van der Waals surface area (Å²) in [4.78, 5) is 0.683. The van der Waals surface area contributed by atoms with Gasteiger partial charge in [0.15, 0.2) is 6.54 Å². The van der Waals surface area contributed by atoms with E-state index in [9.17, 15) is 5.21 Å². The molecule has 1 aromatic rings. The van der Waals surface area contributed by atoms with Gasteiger partial charge in [0, 0.05) is 10.7 Å². The van der Waals surface area contributed by atoms with E-state index < -0.39 is 0 Å². The van der Waals surface area contributed by atoms with Crippen LogP contribution in [0.15, 0.2) is 35.5 Å². The highest BCUT2D eigenvalue weighted by Crippen LogP contribution is 2.21. The summed E-state index contributed by atoms with van der Waals surface area (Å²) >= 11 is 0. The van der Waals surface area contributed by atoms with Crippen molar-refractivity contribution in [2.24, 2.45) is 5.11 Å². The fourth-order valence-corrected chi connectivity index (χ4v) is 1.15. The van der Waals surface area contributed by atoms with Crippen LogP contribution in [-0.2, 0) is 0 Å². The van der Waals surface area contributed by atoms with Crippen LogP contribution in [0.3, 0.4) is 0 Å². The summed E-state index contributed by atoms with van der Waals surface area (Å²) < 4.78 is 0. The van der Waals surface area contributed by atoms with E-state index in [1.54, 1.807) is 0 Å². The van der Waals surface area contributed by atoms with Crippen LogP contribution in [0.25, 0.3) is 6.08 Å². The maximum absolute atomic E-state index is 10.9. The molecular weight excluding hydrogens is 152 g/mol. The Morgan fingerprint density at radius 1 is 1.33 bits per heavy atom. The largest absolute Gasteiger partial charge is 0.599 e. The number of benzene rings is 1. The summed E-state index contributed by atoms with van der Waals surface area (Å²) in [6.07, 6.45) is 3.72. The Hall–Kier alpha value is -1.64. The molecule has 0 unspecified atom stereocenters. The summed E-state index contributed by atoms with van der Waals surface area (Å²) in [5.74, 6) is 0. The van der Waals surface area contributed by atoms with Gasteiger partial charge in [-0.25, -0.2) is 0 Å². The molecule has 0 N–H and O–H groups in total. The molecule has 12 heavy (non-hydrogen) atoms. The maximum atomic E-state index is 10.9. The van der Waals surface area contributed by atoms with Crippen molar-refractivity contribution >= 4 is 11.8 Å². The molecule has 1 aliphatic rings. The molecule has 1 heterocycles. The van der Waals surface area contributed by atoms with E-state index in [4.69, 9.17) is 0 Å². The van der Waals surface area contributed by atoms with Gasteiger partial charge in [0.2, 0.25) is 0 Å². The molecule has 0 aromatic heterocycles. The molecule has 0 bridgehead atoms. The minimum Gasteiger partial charge on any atom is -0.599 e. The molecule has 1 aromatic carbocycles. The van der Waals surface area contributed by atoms with Gasteiger partial charge in [-0.3, -0.25) is 0 Å². The van der Waals surface area contributed by atoms with Crippen molar-refractivity contribution in [3.63, 3.8) is 0 Å². The zero-order chi connectivity index (χ0) is 8.39. The van der Waals surface area contributed by atoms with Crippen LogP contribution >= 0.6 is 0 Å². The van der Waals surface area contributed by atoms with Crippen molar-refractivity contribution < 1.29 is 4.86 Å². The van der Waals surface area contributed by atoms with E-state index in [1.165, 1.54) is 0 Å². The van der Waals surface area contributed by atoms with Gasteiger partial charge in [0.05, 0.1) is 0 Å². The van der Waals surface area contributed by atoms with Crippen molar-refractivity contribution in [3.05, 3.63) is 41.1 Å². The highest BCUT2D eigenvalue weighted by Gasteiger charge is 2.04. The number of hydrogen-bond acceptors (Lipinski definition) is 2. The predicted molar refractivity (Wildman–Crippen MR) is 46.1 cm³/mol. The Balaban J connectivity index is 2.58. The van der Waals surface area contributed by atoms with Crippen LogP contribution in [0.1, 0.15) is 5.56 Å². The Morgan fingerprint density at radius 2 is 2.17 bits per heavy atom. The number of hydroxylamine groups is 1. The Labute approximate surface area is 70.2 Å². The first-order valence-corrected chi connectivity index (χ1v) is 3.78. The molecule has 0 saturated carbocycles. The molecule has 60 valence electrons. The Bertz CT molecular complexity index is 355. The van der Waals surface area contributed by atoms with Gasteiger partial charge in [-0.15, -0.1) is 0 Å². The topological polar surface area (TPSA) is 38.4 Å². The van der Waals surface area contributed by atoms with Gasteiger partial charge < -0.3 is 5.21 Å². The fraction of sp³-hybridized carbons (Fsp3) is 0.111. The standard InChI is InChI=1S/C9H8N2O/c12-11-7-3-5-8-4-1-2-6-9(8)10-11/h1-6H,7H2. The molecule has 0 aliphatic carbocycles. The fourth-order valence-electron chi connectivity index (χ4n) is 1.15. The molecule has 3 heteroatoms. The molecular formula is C9H8N2O. The molecule has 0 fully saturated rings. The predicted octanol–water partition coefficient (Wildman–Crippen LogP) is 2.31. The van der Waals surface area contributed by atoms with E-state index in [1.807, 2.05) is 36.4 Å². The van der Waals surface area contributed by atoms with Crippen molar-refractivity contribution in [2.45, 2.75) is 0 Å². The summed E-state index contributed by atoms with van der Waals surface area (Å²) in [7, 11) is 0. The van der Waals surface area contributed by atoms with E-state index in [0.717, 1.165) is 11.3 Å². The second kappa shape index (κ2) is 2.77. The molecule has 1 aliphatic heterocycles. The lowest BCUT2D eigenvalue weighted by molar-refractivity contribution is -0.513. The van der Waals surface area contributed by atoms with Crippen LogP contribution in [0.4, 0.5) is 5.69 Å². The van der Waals surface area contributed by atoms with Gasteiger partial charge in [-0.2, -0.15) is 0 Å². The van der Waals surface area contributed by atoms with Crippen LogP contribution < -0.4 is 0 Å². The average Bonchev–Trinajstić information content (AvgIpc) is 2.25. The lowest BCUT2D eigenvalue weighted by Gasteiger charge is -1.95. The minimum atomic E-state index is 0.328. The third kappa shape index (κ3) is 1.21. The highest BCUT2D eigenvalue weighted by molar-refractivity contribution is 5.63. The number of fused-ring (bicyclic) bond motifs is 1. The first kappa shape index (κ1) is 7.03. The van der Waals surface area contributed by atoms with Crippen LogP contribution in [0, 0.1) is 5.21 Å². The summed E-state index contributed by atoms with van der Waals surface area (Å²) in [5, 5.41) is 14.8. The van der Waals surface area contributed by atoms with Crippen LogP contribution in [-0.4, -0.2) is 11.4 Å². The molecule has 0 atom stereocenters. The highest BCUT2D eigenvalue weighted by atomic mass is 16.5. The Morgan fingerprint density at radius 3 is 3.08 bits per heavy atom. The number of nitrogens with zero attached hydrogens (tertiary/aromatic N) is 2. The first-order chi connectivity index (χ1) is 5.86. The quantitative estimate of drug-likeness (QED) is 0.424. The van der Waals surface area contributed by atoms with Crippen molar-refractivity contribution in [1.82, 2.24) is 0 Å². The number of rotatable bonds is 0. The molecule has 3 nitrogen and oxygen atoms in total. The third-order valence-electron chi connectivity index (χ3n) is 1.72. The van der Waals surface area contributed by atoms with E-state index in [0.29, 0.717) is 11.4 Å². The second-order valence-electron chi connectivity index (χ2n) is 2.60. The third-order valence-corrected chi connectivity index (χ3v) is 1.72. The summed E-state index contributed by atoms with van der Waals surface area (Å²) in [6.45, 7) is 0.328. The molecule has 2 rings (SSSR count). The number of azo groups is 1. The SMILES string of the molecule is [O-][N+]1=Nc2ccccc2C=CC1. The maximum Gasteiger partial charge on any atom is 0.199 e. The van der Waals surface area contributed by atoms with Gasteiger partial charge in [0.25, 0.3) is 0 Å². The molecule has 0 amide bonds. The minimum absolute atomic E-state index is 0.328. The van der Waals surface area contributed by atoms with Gasteiger partial charge in [-0.1, -0.05) is 29.1 Å². The van der Waals surface area contributed by atoms with Crippen LogP contribution in [0.2, 0.25) is 0 Å². The number of hydrogen-bond donors (Lipinski definition) is 0. The van der Waals surface area contributed by atoms with Gasteiger partial charge in [0.1, 0.15) is 5.69 Å². The lowest BCUT2D eigenvalue weighted by atomic mass is 10.2. The van der Waals surface area contributed by atoms with E-state index in [2.05, 4.69) is 5.11 Å². The first-order valence-electron chi connectivity index (χ1n) is 3.78. The van der Waals surface area contributed by atoms with Crippen LogP contribution in [0.5, 0.6) is 0 Å². The second-order valence-corrected chi connectivity index (χ2v) is 2.60. The zero-order valence-electron chi connectivity index (χ0n) is 6.47. The normalized spacial score (nSPS) is 14.8. The van der Waals surface area contributed by atoms with Gasteiger partial charge in [-0.05, 0) is 12.1 Å². The van der Waals surface area contributed by atoms with Crippen molar-refractivity contribution in [2.75, 3.05) is 6.54 Å². The monoisotopic (exact) mass is 160 g/mol. The van der Waals surface area contributed by atoms with Crippen molar-refractivity contribution in [3.8, 4) is 0 Å².